The van der Waals surface area contributed by atoms with Gasteiger partial charge in [0.1, 0.15) is 0 Å². The molecule has 1 rings (SSSR count). The molecular formula is C13H18Cl2N2O3S. The molecule has 0 heterocycles. The van der Waals surface area contributed by atoms with Gasteiger partial charge in [-0.15, -0.1) is 0 Å². The molecule has 1 unspecified atom stereocenters. The van der Waals surface area contributed by atoms with Gasteiger partial charge in [-0.2, -0.15) is 0 Å². The van der Waals surface area contributed by atoms with Gasteiger partial charge in [0, 0.05) is 6.04 Å². The van der Waals surface area contributed by atoms with E-state index >= 15 is 0 Å². The maximum atomic E-state index is 12.3. The van der Waals surface area contributed by atoms with Crippen molar-refractivity contribution >= 4 is 39.1 Å². The molecule has 1 atom stereocenters. The molecule has 0 spiro atoms. The Balaban J connectivity index is 3.24. The smallest absolute Gasteiger partial charge is 0.253 e. The van der Waals surface area contributed by atoms with Gasteiger partial charge in [-0.05, 0) is 24.5 Å². The van der Waals surface area contributed by atoms with Gasteiger partial charge in [-0.25, -0.2) is 13.6 Å². The molecule has 0 fully saturated rings. The maximum absolute atomic E-state index is 12.3. The second-order valence-corrected chi connectivity index (χ2v) is 8.22. The van der Waals surface area contributed by atoms with Crippen molar-refractivity contribution in [2.24, 2.45) is 10.6 Å². The highest BCUT2D eigenvalue weighted by Gasteiger charge is 2.25. The van der Waals surface area contributed by atoms with Crippen LogP contribution in [0.25, 0.3) is 0 Å². The van der Waals surface area contributed by atoms with Crippen LogP contribution < -0.4 is 10.5 Å². The van der Waals surface area contributed by atoms with E-state index in [1.54, 1.807) is 0 Å². The lowest BCUT2D eigenvalue weighted by atomic mass is 9.88. The molecule has 0 bridgehead atoms. The van der Waals surface area contributed by atoms with E-state index in [2.05, 4.69) is 5.32 Å². The fourth-order valence-electron chi connectivity index (χ4n) is 1.38. The molecule has 0 aliphatic carbocycles. The molecule has 0 saturated heterocycles. The summed E-state index contributed by atoms with van der Waals surface area (Å²) in [5, 5.41) is 7.76. The minimum atomic E-state index is -3.98. The second kappa shape index (κ2) is 6.12. The van der Waals surface area contributed by atoms with Gasteiger partial charge in [0.15, 0.2) is 0 Å². The summed E-state index contributed by atoms with van der Waals surface area (Å²) in [5.74, 6) is -0.505. The van der Waals surface area contributed by atoms with Crippen molar-refractivity contribution < 1.29 is 13.2 Å². The fraction of sp³-hybridized carbons (Fsp3) is 0.462. The van der Waals surface area contributed by atoms with Crippen LogP contribution in [-0.2, 0) is 10.0 Å². The summed E-state index contributed by atoms with van der Waals surface area (Å²) in [5.41, 5.74) is -0.187. The molecule has 1 amide bonds. The largest absolute Gasteiger partial charge is 0.349 e. The normalized spacial score (nSPS) is 13.9. The van der Waals surface area contributed by atoms with Crippen molar-refractivity contribution in [1.82, 2.24) is 5.32 Å². The van der Waals surface area contributed by atoms with Crippen molar-refractivity contribution in [1.29, 1.82) is 0 Å². The lowest BCUT2D eigenvalue weighted by Crippen LogP contribution is -2.41. The second-order valence-electron chi connectivity index (χ2n) is 5.87. The molecule has 0 aliphatic heterocycles. The summed E-state index contributed by atoms with van der Waals surface area (Å²) >= 11 is 11.8. The monoisotopic (exact) mass is 352 g/mol. The van der Waals surface area contributed by atoms with Crippen LogP contribution in [-0.4, -0.2) is 20.4 Å². The molecule has 0 saturated carbocycles. The average Bonchev–Trinajstić information content (AvgIpc) is 2.29. The minimum absolute atomic E-state index is 0.0114. The van der Waals surface area contributed by atoms with Crippen LogP contribution in [0.3, 0.4) is 0 Å². The standard InChI is InChI=1S/C13H18Cl2N2O3S/c1-7(13(2,3)4)17-12(18)9-5-8(21(16,19)20)6-10(14)11(9)15/h5-7H,1-4H3,(H,17,18)(H2,16,19,20). The first-order valence-corrected chi connectivity index (χ1v) is 8.47. The number of amides is 1. The van der Waals surface area contributed by atoms with Gasteiger partial charge in [0.25, 0.3) is 5.91 Å². The number of sulfonamides is 1. The van der Waals surface area contributed by atoms with Crippen molar-refractivity contribution in [3.8, 4) is 0 Å². The number of nitrogens with two attached hydrogens (primary N) is 1. The third-order valence-electron chi connectivity index (χ3n) is 3.22. The first-order chi connectivity index (χ1) is 9.34. The van der Waals surface area contributed by atoms with E-state index in [-0.39, 0.29) is 32.0 Å². The number of nitrogens with one attached hydrogen (secondary N) is 1. The number of primary sulfonamides is 1. The van der Waals surface area contributed by atoms with Crippen molar-refractivity contribution in [2.75, 3.05) is 0 Å². The van der Waals surface area contributed by atoms with E-state index in [0.717, 1.165) is 12.1 Å². The number of carbonyl (C=O) groups is 1. The van der Waals surface area contributed by atoms with Crippen LogP contribution in [0, 0.1) is 5.41 Å². The van der Waals surface area contributed by atoms with Gasteiger partial charge < -0.3 is 5.32 Å². The van der Waals surface area contributed by atoms with Crippen molar-refractivity contribution in [3.63, 3.8) is 0 Å². The summed E-state index contributed by atoms with van der Waals surface area (Å²) in [6, 6.07) is 2.08. The summed E-state index contributed by atoms with van der Waals surface area (Å²) < 4.78 is 22.8. The van der Waals surface area contributed by atoms with E-state index in [1.165, 1.54) is 0 Å². The van der Waals surface area contributed by atoms with Crippen LogP contribution in [0.5, 0.6) is 0 Å². The van der Waals surface area contributed by atoms with E-state index in [9.17, 15) is 13.2 Å². The van der Waals surface area contributed by atoms with E-state index < -0.39 is 15.9 Å². The molecule has 0 aromatic heterocycles. The molecule has 21 heavy (non-hydrogen) atoms. The first kappa shape index (κ1) is 18.2. The van der Waals surface area contributed by atoms with Gasteiger partial charge >= 0.3 is 0 Å². The number of halogens is 2. The number of benzene rings is 1. The van der Waals surface area contributed by atoms with Gasteiger partial charge in [-0.3, -0.25) is 4.79 Å². The molecular weight excluding hydrogens is 335 g/mol. The van der Waals surface area contributed by atoms with Gasteiger partial charge in [0.2, 0.25) is 10.0 Å². The highest BCUT2D eigenvalue weighted by molar-refractivity contribution is 7.89. The predicted molar refractivity (Wildman–Crippen MR) is 84.2 cm³/mol. The zero-order chi connectivity index (χ0) is 16.6. The quantitative estimate of drug-likeness (QED) is 0.876. The molecule has 0 radical (unpaired) electrons. The summed E-state index contributed by atoms with van der Waals surface area (Å²) in [7, 11) is -3.98. The lowest BCUT2D eigenvalue weighted by Gasteiger charge is -2.28. The van der Waals surface area contributed by atoms with Crippen LogP contribution in [0.4, 0.5) is 0 Å². The van der Waals surface area contributed by atoms with Crippen LogP contribution in [0.1, 0.15) is 38.1 Å². The average molecular weight is 353 g/mol. The van der Waals surface area contributed by atoms with Crippen LogP contribution in [0.2, 0.25) is 10.0 Å². The first-order valence-electron chi connectivity index (χ1n) is 6.16. The number of hydrogen-bond acceptors (Lipinski definition) is 3. The van der Waals surface area contributed by atoms with Crippen molar-refractivity contribution in [3.05, 3.63) is 27.7 Å². The zero-order valence-electron chi connectivity index (χ0n) is 12.2. The summed E-state index contributed by atoms with van der Waals surface area (Å²) in [6.07, 6.45) is 0. The molecule has 5 nitrogen and oxygen atoms in total. The SMILES string of the molecule is CC(NC(=O)c1cc(S(N)(=O)=O)cc(Cl)c1Cl)C(C)(C)C. The molecule has 1 aromatic rings. The fourth-order valence-corrected chi connectivity index (χ4v) is 2.43. The van der Waals surface area contributed by atoms with E-state index in [4.69, 9.17) is 28.3 Å². The predicted octanol–water partition coefficient (Wildman–Crippen LogP) is 2.81. The Morgan fingerprint density at radius 1 is 1.29 bits per heavy atom. The Kier molecular flexibility index (Phi) is 5.31. The summed E-state index contributed by atoms with van der Waals surface area (Å²) in [4.78, 5) is 12.0. The Labute approximate surface area is 134 Å². The number of hydrogen-bond donors (Lipinski definition) is 2. The third-order valence-corrected chi connectivity index (χ3v) is 4.92. The van der Waals surface area contributed by atoms with Gasteiger partial charge in [-0.1, -0.05) is 44.0 Å². The topological polar surface area (TPSA) is 89.3 Å². The third kappa shape index (κ3) is 4.57. The Morgan fingerprint density at radius 2 is 1.81 bits per heavy atom. The highest BCUT2D eigenvalue weighted by Crippen LogP contribution is 2.29. The van der Waals surface area contributed by atoms with Crippen molar-refractivity contribution in [2.45, 2.75) is 38.6 Å². The number of rotatable bonds is 3. The van der Waals surface area contributed by atoms with Crippen LogP contribution >= 0.6 is 23.2 Å². The Bertz CT molecular complexity index is 667. The van der Waals surface area contributed by atoms with E-state index in [1.807, 2.05) is 27.7 Å². The lowest BCUT2D eigenvalue weighted by molar-refractivity contribution is 0.0910. The van der Waals surface area contributed by atoms with Gasteiger partial charge in [0.05, 0.1) is 20.5 Å². The Morgan fingerprint density at radius 3 is 2.24 bits per heavy atom. The molecule has 1 aromatic carbocycles. The highest BCUT2D eigenvalue weighted by atomic mass is 35.5. The number of carbonyl (C=O) groups excluding carboxylic acids is 1. The van der Waals surface area contributed by atoms with Crippen LogP contribution in [0.15, 0.2) is 17.0 Å². The molecule has 118 valence electrons. The molecule has 0 aliphatic rings. The minimum Gasteiger partial charge on any atom is -0.349 e. The van der Waals surface area contributed by atoms with E-state index in [0.29, 0.717) is 0 Å². The molecule has 3 N–H and O–H groups in total. The Hall–Kier alpha value is -0.820. The molecule has 8 heteroatoms. The zero-order valence-corrected chi connectivity index (χ0v) is 14.5. The summed E-state index contributed by atoms with van der Waals surface area (Å²) in [6.45, 7) is 7.74. The maximum Gasteiger partial charge on any atom is 0.253 e.